The average molecular weight is 731 g/mol. The van der Waals surface area contributed by atoms with Gasteiger partial charge in [-0.25, -0.2) is 9.59 Å². The van der Waals surface area contributed by atoms with Crippen molar-refractivity contribution in [2.24, 2.45) is 0 Å². The quantitative estimate of drug-likeness (QED) is 0.0978. The number of unbranched alkanes of at least 4 members (excludes halogenated alkanes) is 1. The minimum absolute atomic E-state index is 0.00475. The van der Waals surface area contributed by atoms with Gasteiger partial charge >= 0.3 is 24.8 Å². The minimum atomic E-state index is -3.81. The molecule has 2 aromatic heterocycles. The highest BCUT2D eigenvalue weighted by atomic mass is 32.5. The molecule has 0 saturated carbocycles. The van der Waals surface area contributed by atoms with Gasteiger partial charge in [-0.05, 0) is 50.3 Å². The summed E-state index contributed by atoms with van der Waals surface area (Å²) in [6.07, 6.45) is -2.48. The van der Waals surface area contributed by atoms with Gasteiger partial charge in [0.2, 0.25) is 0 Å². The molecule has 0 aromatic carbocycles. The van der Waals surface area contributed by atoms with Crippen LogP contribution in [0.15, 0.2) is 31.6 Å². The van der Waals surface area contributed by atoms with E-state index in [2.05, 4.69) is 21.8 Å². The number of aliphatic hydroxyl groups excluding tert-OH is 2. The van der Waals surface area contributed by atoms with Crippen LogP contribution in [0.5, 0.6) is 0 Å². The number of hydrogen-bond donors (Lipinski definition) is 6. The SMILES string of the molecule is Cc1cn([C@H]2C[C@H](OP(=S)(OCCCCOP(O)(O)=S)OC[C@H]3O[C@@H](n4cc(C)c(=O)[nH]c4=O)C[C@@H]3O)[C@@H](CO)O2)c(=O)[nH]c1=O. The van der Waals surface area contributed by atoms with Crippen molar-refractivity contribution in [3.8, 4) is 0 Å². The Morgan fingerprint density at radius 3 is 1.93 bits per heavy atom. The van der Waals surface area contributed by atoms with E-state index in [4.69, 9.17) is 39.4 Å². The number of ether oxygens (including phenoxy) is 2. The Balaban J connectivity index is 1.47. The number of aromatic amines is 2. The second kappa shape index (κ2) is 15.7. The van der Waals surface area contributed by atoms with Crippen molar-refractivity contribution >= 4 is 37.1 Å². The summed E-state index contributed by atoms with van der Waals surface area (Å²) in [7, 11) is 0. The van der Waals surface area contributed by atoms with Gasteiger partial charge < -0.3 is 47.6 Å². The van der Waals surface area contributed by atoms with Crippen LogP contribution in [-0.4, -0.2) is 89.9 Å². The zero-order valence-corrected chi connectivity index (χ0v) is 28.2. The second-order valence-electron chi connectivity index (χ2n) is 10.7. The van der Waals surface area contributed by atoms with Crippen LogP contribution in [0.3, 0.4) is 0 Å². The Morgan fingerprint density at radius 1 is 0.870 bits per heavy atom. The molecule has 4 rings (SSSR count). The Bertz CT molecular complexity index is 1710. The van der Waals surface area contributed by atoms with E-state index in [0.29, 0.717) is 12.8 Å². The number of H-pyrrole nitrogens is 2. The van der Waals surface area contributed by atoms with Crippen molar-refractivity contribution in [1.82, 2.24) is 19.1 Å². The molecule has 46 heavy (non-hydrogen) atoms. The molecule has 0 spiro atoms. The first-order chi connectivity index (χ1) is 21.6. The summed E-state index contributed by atoms with van der Waals surface area (Å²) in [6.45, 7) is -5.40. The van der Waals surface area contributed by atoms with Crippen LogP contribution in [0.25, 0.3) is 0 Å². The summed E-state index contributed by atoms with van der Waals surface area (Å²) in [5, 5.41) is 20.7. The summed E-state index contributed by atoms with van der Waals surface area (Å²) in [6, 6.07) is 0. The van der Waals surface area contributed by atoms with Crippen LogP contribution in [0.2, 0.25) is 0 Å². The number of hydrogen-bond acceptors (Lipinski definition) is 14. The monoisotopic (exact) mass is 730 g/mol. The fourth-order valence-electron chi connectivity index (χ4n) is 4.77. The number of rotatable bonds is 15. The lowest BCUT2D eigenvalue weighted by Gasteiger charge is -2.28. The van der Waals surface area contributed by atoms with E-state index >= 15 is 0 Å². The maximum absolute atomic E-state index is 12.5. The Labute approximate surface area is 271 Å². The highest BCUT2D eigenvalue weighted by Crippen LogP contribution is 2.54. The van der Waals surface area contributed by atoms with Crippen molar-refractivity contribution in [3.63, 3.8) is 0 Å². The summed E-state index contributed by atoms with van der Waals surface area (Å²) < 4.78 is 36.7. The number of aryl methyl sites for hydroxylation is 2. The minimum Gasteiger partial charge on any atom is -0.394 e. The van der Waals surface area contributed by atoms with E-state index in [1.54, 1.807) is 0 Å². The summed E-state index contributed by atoms with van der Waals surface area (Å²) in [4.78, 5) is 71.2. The van der Waals surface area contributed by atoms with Gasteiger partial charge in [-0.3, -0.25) is 28.7 Å². The Kier molecular flexibility index (Phi) is 12.6. The molecular formula is C24H36N4O14P2S2. The Hall–Kier alpha value is -1.74. The fourth-order valence-corrected chi connectivity index (χ4v) is 7.54. The molecule has 0 amide bonds. The lowest BCUT2D eigenvalue weighted by Crippen LogP contribution is -2.33. The van der Waals surface area contributed by atoms with Gasteiger partial charge in [0.05, 0.1) is 38.6 Å². The first-order valence-electron chi connectivity index (χ1n) is 14.1. The summed E-state index contributed by atoms with van der Waals surface area (Å²) in [5.74, 6) is 0. The largest absolute Gasteiger partial charge is 0.394 e. The van der Waals surface area contributed by atoms with Crippen molar-refractivity contribution in [3.05, 3.63) is 65.2 Å². The highest BCUT2D eigenvalue weighted by molar-refractivity contribution is 8.07. The molecule has 0 bridgehead atoms. The predicted molar refractivity (Wildman–Crippen MR) is 167 cm³/mol. The van der Waals surface area contributed by atoms with Gasteiger partial charge in [0.25, 0.3) is 11.1 Å². The number of aliphatic hydroxyl groups is 2. The molecule has 0 aliphatic carbocycles. The molecule has 258 valence electrons. The third-order valence-electron chi connectivity index (χ3n) is 7.19. The topological polar surface area (TPSA) is 246 Å². The van der Waals surface area contributed by atoms with Crippen LogP contribution in [0, 0.1) is 13.8 Å². The van der Waals surface area contributed by atoms with E-state index in [1.807, 2.05) is 0 Å². The van der Waals surface area contributed by atoms with Crippen LogP contribution in [0.1, 0.15) is 49.3 Å². The smallest absolute Gasteiger partial charge is 0.330 e. The molecule has 22 heteroatoms. The first kappa shape index (κ1) is 37.1. The molecule has 7 atom stereocenters. The van der Waals surface area contributed by atoms with E-state index in [-0.39, 0.29) is 43.8 Å². The third-order valence-corrected chi connectivity index (χ3v) is 10.4. The standard InChI is InChI=1S/C24H36N4O14P2S2/c1-13-9-27(23(33)25-21(13)31)19-7-15(30)18(41-19)12-39-44(46,38-6-4-3-5-37-43(35,36)45)42-16-8-20(40-17(16)11-29)28-10-14(2)22(32)26-24(28)34/h9-10,15-20,29-30H,3-8,11-12H2,1-2H3,(H,25,31,33)(H,26,32,34)(H2,35,36,45)/t15-,16-,17+,18+,19+,20+,44?/m0/s1. The van der Waals surface area contributed by atoms with Gasteiger partial charge in [-0.2, -0.15) is 0 Å². The molecule has 18 nitrogen and oxygen atoms in total. The molecule has 6 N–H and O–H groups in total. The van der Waals surface area contributed by atoms with Crippen molar-refractivity contribution < 1.29 is 47.6 Å². The second-order valence-corrected chi connectivity index (χ2v) is 16.3. The van der Waals surface area contributed by atoms with Crippen molar-refractivity contribution in [1.29, 1.82) is 0 Å². The van der Waals surface area contributed by atoms with E-state index in [0.717, 1.165) is 4.57 Å². The summed E-state index contributed by atoms with van der Waals surface area (Å²) >= 11 is 10.1. The van der Waals surface area contributed by atoms with Crippen LogP contribution < -0.4 is 22.5 Å². The molecule has 2 aliphatic heterocycles. The zero-order chi connectivity index (χ0) is 33.8. The molecule has 2 saturated heterocycles. The molecule has 4 heterocycles. The van der Waals surface area contributed by atoms with Gasteiger partial charge in [0.1, 0.15) is 24.7 Å². The van der Waals surface area contributed by atoms with E-state index in [1.165, 1.54) is 30.8 Å². The molecule has 2 aliphatic rings. The number of nitrogens with one attached hydrogen (secondary N) is 2. The fraction of sp³-hybridized carbons (Fsp3) is 0.667. The highest BCUT2D eigenvalue weighted by Gasteiger charge is 2.43. The average Bonchev–Trinajstić information content (AvgIpc) is 3.55. The normalized spacial score (nSPS) is 26.4. The maximum Gasteiger partial charge on any atom is 0.330 e. The van der Waals surface area contributed by atoms with E-state index in [9.17, 15) is 39.2 Å². The third kappa shape index (κ3) is 9.67. The van der Waals surface area contributed by atoms with Gasteiger partial charge in [0.15, 0.2) is 0 Å². The van der Waals surface area contributed by atoms with E-state index < -0.39 is 79.4 Å². The first-order valence-corrected chi connectivity index (χ1v) is 19.3. The molecular weight excluding hydrogens is 694 g/mol. The molecule has 2 aromatic rings. The summed E-state index contributed by atoms with van der Waals surface area (Å²) in [5.41, 5.74) is -1.99. The van der Waals surface area contributed by atoms with Gasteiger partial charge in [0, 0.05) is 36.4 Å². The van der Waals surface area contributed by atoms with Gasteiger partial charge in [-0.1, -0.05) is 0 Å². The lowest BCUT2D eigenvalue weighted by molar-refractivity contribution is -0.0549. The van der Waals surface area contributed by atoms with Crippen LogP contribution in [-0.2, 0) is 51.2 Å². The maximum atomic E-state index is 12.5. The predicted octanol–water partition coefficient (Wildman–Crippen LogP) is -0.719. The molecule has 2 fully saturated rings. The molecule has 0 radical (unpaired) electrons. The number of aromatic nitrogens is 4. The Morgan fingerprint density at radius 2 is 1.39 bits per heavy atom. The van der Waals surface area contributed by atoms with Gasteiger partial charge in [-0.15, -0.1) is 0 Å². The van der Waals surface area contributed by atoms with Crippen molar-refractivity contribution in [2.75, 3.05) is 26.4 Å². The lowest BCUT2D eigenvalue weighted by atomic mass is 10.2. The van der Waals surface area contributed by atoms with Crippen LogP contribution >= 0.6 is 13.4 Å². The zero-order valence-electron chi connectivity index (χ0n) is 24.8. The van der Waals surface area contributed by atoms with Crippen LogP contribution in [0.4, 0.5) is 0 Å². The number of nitrogens with zero attached hydrogens (tertiary/aromatic N) is 2. The molecule has 1 unspecified atom stereocenters. The van der Waals surface area contributed by atoms with Crippen molar-refractivity contribution in [2.45, 2.75) is 76.4 Å².